The summed E-state index contributed by atoms with van der Waals surface area (Å²) in [6.07, 6.45) is 7.45. The van der Waals surface area contributed by atoms with E-state index in [0.29, 0.717) is 36.2 Å². The summed E-state index contributed by atoms with van der Waals surface area (Å²) in [6.45, 7) is 6.06. The number of piperidine rings is 1. The maximum absolute atomic E-state index is 14.7. The van der Waals surface area contributed by atoms with Gasteiger partial charge in [0.2, 0.25) is 5.95 Å². The highest BCUT2D eigenvalue weighted by Gasteiger charge is 2.43. The monoisotopic (exact) mass is 497 g/mol. The van der Waals surface area contributed by atoms with Gasteiger partial charge in [0.15, 0.2) is 11.6 Å². The molecule has 2 aliphatic heterocycles. The van der Waals surface area contributed by atoms with Crippen molar-refractivity contribution < 1.29 is 14.2 Å². The average molecular weight is 498 g/mol. The number of nitrogens with one attached hydrogen (secondary N) is 2. The molecule has 0 bridgehead atoms. The van der Waals surface area contributed by atoms with Gasteiger partial charge in [-0.1, -0.05) is 0 Å². The Labute approximate surface area is 209 Å². The molecule has 0 aliphatic carbocycles. The van der Waals surface area contributed by atoms with Gasteiger partial charge in [0, 0.05) is 36.3 Å². The van der Waals surface area contributed by atoms with E-state index >= 15 is 0 Å². The molecule has 3 aromatic rings. The van der Waals surface area contributed by atoms with Gasteiger partial charge in [0.25, 0.3) is 0 Å². The molecule has 0 radical (unpaired) electrons. The summed E-state index contributed by atoms with van der Waals surface area (Å²) in [5.41, 5.74) is 1.33. The van der Waals surface area contributed by atoms with Crippen molar-refractivity contribution in [2.75, 3.05) is 30.4 Å². The van der Waals surface area contributed by atoms with E-state index in [0.717, 1.165) is 19.4 Å². The third-order valence-electron chi connectivity index (χ3n) is 6.91. The molecule has 12 heteroatoms. The van der Waals surface area contributed by atoms with E-state index in [9.17, 15) is 4.39 Å². The van der Waals surface area contributed by atoms with Gasteiger partial charge in [0.05, 0.1) is 12.8 Å². The van der Waals surface area contributed by atoms with Crippen LogP contribution in [0.2, 0.25) is 0 Å². The number of hydrogen-bond donors (Lipinski definition) is 3. The summed E-state index contributed by atoms with van der Waals surface area (Å²) < 4.78 is 21.9. The zero-order chi connectivity index (χ0) is 25.1. The fraction of sp³-hybridized carbons (Fsp3) is 0.542. The number of rotatable bonds is 9. The van der Waals surface area contributed by atoms with Crippen LogP contribution >= 0.6 is 0 Å². The van der Waals surface area contributed by atoms with E-state index in [1.54, 1.807) is 18.2 Å². The molecular weight excluding hydrogens is 465 g/mol. The number of nitrogens with zero attached hydrogens (tertiary/aromatic N) is 7. The Bertz CT molecular complexity index is 1170. The summed E-state index contributed by atoms with van der Waals surface area (Å²) in [5.74, 6) is 0.552. The summed E-state index contributed by atoms with van der Waals surface area (Å²) in [7, 11) is 0. The second kappa shape index (κ2) is 10.3. The summed E-state index contributed by atoms with van der Waals surface area (Å²) in [6, 6.07) is 6.04. The minimum atomic E-state index is -0.478. The second-order valence-corrected chi connectivity index (χ2v) is 9.96. The lowest BCUT2D eigenvalue weighted by atomic mass is 9.84. The third kappa shape index (κ3) is 5.24. The van der Waals surface area contributed by atoms with Gasteiger partial charge < -0.3 is 20.5 Å². The molecule has 11 nitrogen and oxygen atoms in total. The fourth-order valence-corrected chi connectivity index (χ4v) is 5.39. The van der Waals surface area contributed by atoms with Gasteiger partial charge >= 0.3 is 0 Å². The van der Waals surface area contributed by atoms with Crippen LogP contribution in [-0.2, 0) is 0 Å². The smallest absolute Gasteiger partial charge is 0.229 e. The summed E-state index contributed by atoms with van der Waals surface area (Å²) in [5, 5.41) is 26.9. The molecule has 2 aromatic heterocycles. The Morgan fingerprint density at radius 1 is 1.31 bits per heavy atom. The largest absolute Gasteiger partial charge is 0.491 e. The number of aliphatic hydroxyl groups is 1. The lowest BCUT2D eigenvalue weighted by Gasteiger charge is -2.47. The molecule has 0 saturated carbocycles. The molecule has 0 spiro atoms. The molecule has 2 atom stereocenters. The maximum atomic E-state index is 14.7. The van der Waals surface area contributed by atoms with Crippen LogP contribution in [0.1, 0.15) is 46.0 Å². The molecule has 2 aliphatic rings. The fourth-order valence-electron chi connectivity index (χ4n) is 5.39. The van der Waals surface area contributed by atoms with Crippen molar-refractivity contribution in [2.45, 2.75) is 63.6 Å². The van der Waals surface area contributed by atoms with Gasteiger partial charge in [-0.3, -0.25) is 4.90 Å². The highest BCUT2D eigenvalue weighted by Crippen LogP contribution is 2.38. The normalized spacial score (nSPS) is 21.2. The van der Waals surface area contributed by atoms with E-state index in [-0.39, 0.29) is 30.0 Å². The molecule has 2 saturated heterocycles. The first-order chi connectivity index (χ1) is 17.4. The molecule has 192 valence electrons. The molecule has 2 fully saturated rings. The van der Waals surface area contributed by atoms with Crippen LogP contribution in [0.5, 0.6) is 5.75 Å². The minimum absolute atomic E-state index is 0.0371. The number of hydrogen-bond acceptors (Lipinski definition) is 10. The zero-order valence-electron chi connectivity index (χ0n) is 20.6. The minimum Gasteiger partial charge on any atom is -0.491 e. The van der Waals surface area contributed by atoms with Crippen LogP contribution in [0.25, 0.3) is 5.69 Å². The predicted molar refractivity (Wildman–Crippen MR) is 132 cm³/mol. The Morgan fingerprint density at radius 2 is 2.19 bits per heavy atom. The third-order valence-corrected chi connectivity index (χ3v) is 6.91. The number of anilines is 3. The van der Waals surface area contributed by atoms with Crippen molar-refractivity contribution >= 4 is 17.5 Å². The quantitative estimate of drug-likeness (QED) is 0.380. The predicted octanol–water partition coefficient (Wildman–Crippen LogP) is 2.91. The number of aliphatic hydroxyl groups excluding tert-OH is 1. The van der Waals surface area contributed by atoms with Crippen molar-refractivity contribution in [3.63, 3.8) is 0 Å². The molecule has 0 unspecified atom stereocenters. The number of halogens is 1. The van der Waals surface area contributed by atoms with E-state index in [4.69, 9.17) is 9.84 Å². The van der Waals surface area contributed by atoms with Crippen LogP contribution in [0.4, 0.5) is 21.8 Å². The van der Waals surface area contributed by atoms with Crippen molar-refractivity contribution in [1.82, 2.24) is 35.1 Å². The number of tetrazole rings is 1. The molecule has 0 amide bonds. The number of benzene rings is 1. The SMILES string of the molecule is CC1(C)C[C@H](Nc2nc(Nc3ccc(OCCCO)c(-n4cnnn4)c3)ncc2F)C[C@@H]2CCCN21. The van der Waals surface area contributed by atoms with Gasteiger partial charge in [-0.15, -0.1) is 5.10 Å². The van der Waals surface area contributed by atoms with Crippen LogP contribution in [0.3, 0.4) is 0 Å². The van der Waals surface area contributed by atoms with E-state index in [1.807, 2.05) is 0 Å². The van der Waals surface area contributed by atoms with Crippen LogP contribution < -0.4 is 15.4 Å². The topological polar surface area (TPSA) is 126 Å². The molecule has 5 rings (SSSR count). The zero-order valence-corrected chi connectivity index (χ0v) is 20.6. The number of ether oxygens (including phenoxy) is 1. The Balaban J connectivity index is 1.33. The molecular formula is C24H32FN9O2. The number of aromatic nitrogens is 6. The Morgan fingerprint density at radius 3 is 3.00 bits per heavy atom. The standard InChI is InChI=1S/C24H32FN9O2/c1-24(2)13-17(11-18-5-3-8-33(18)24)28-22-19(25)14-26-23(30-22)29-16-6-7-21(36-10-4-9-35)20(12-16)34-15-27-31-32-34/h6-7,12,14-15,17-18,35H,3-5,8-11,13H2,1-2H3,(H2,26,28,29,30)/t17-,18+/m1/s1. The van der Waals surface area contributed by atoms with E-state index in [1.165, 1.54) is 30.0 Å². The number of fused-ring (bicyclic) bond motifs is 1. The first kappa shape index (κ1) is 24.3. The highest BCUT2D eigenvalue weighted by molar-refractivity contribution is 5.62. The molecule has 1 aromatic carbocycles. The Hall–Kier alpha value is -3.38. The summed E-state index contributed by atoms with van der Waals surface area (Å²) >= 11 is 0. The van der Waals surface area contributed by atoms with Crippen molar-refractivity contribution in [3.8, 4) is 11.4 Å². The van der Waals surface area contributed by atoms with Gasteiger partial charge in [-0.05, 0) is 74.7 Å². The molecule has 4 heterocycles. The highest BCUT2D eigenvalue weighted by atomic mass is 19.1. The average Bonchev–Trinajstić information content (AvgIpc) is 3.55. The second-order valence-electron chi connectivity index (χ2n) is 9.96. The lowest BCUT2D eigenvalue weighted by molar-refractivity contribution is 0.0500. The molecule has 36 heavy (non-hydrogen) atoms. The van der Waals surface area contributed by atoms with Gasteiger partial charge in [-0.25, -0.2) is 9.37 Å². The Kier molecular flexibility index (Phi) is 6.97. The van der Waals surface area contributed by atoms with Crippen LogP contribution in [0, 0.1) is 5.82 Å². The van der Waals surface area contributed by atoms with Gasteiger partial charge in [0.1, 0.15) is 17.8 Å². The van der Waals surface area contributed by atoms with E-state index < -0.39 is 5.82 Å². The van der Waals surface area contributed by atoms with Crippen LogP contribution in [0.15, 0.2) is 30.7 Å². The lowest BCUT2D eigenvalue weighted by Crippen LogP contribution is -2.55. The van der Waals surface area contributed by atoms with Gasteiger partial charge in [-0.2, -0.15) is 9.67 Å². The molecule has 3 N–H and O–H groups in total. The van der Waals surface area contributed by atoms with Crippen molar-refractivity contribution in [1.29, 1.82) is 0 Å². The van der Waals surface area contributed by atoms with E-state index in [2.05, 4.69) is 54.9 Å². The first-order valence-electron chi connectivity index (χ1n) is 12.4. The van der Waals surface area contributed by atoms with Crippen LogP contribution in [-0.4, -0.2) is 77.6 Å². The summed E-state index contributed by atoms with van der Waals surface area (Å²) in [4.78, 5) is 11.2. The first-order valence-corrected chi connectivity index (χ1v) is 12.4. The maximum Gasteiger partial charge on any atom is 0.229 e. The van der Waals surface area contributed by atoms with Crippen molar-refractivity contribution in [2.24, 2.45) is 0 Å². The van der Waals surface area contributed by atoms with Crippen molar-refractivity contribution in [3.05, 3.63) is 36.5 Å².